The minimum atomic E-state index is -0.671. The number of imide groups is 1. The van der Waals surface area contributed by atoms with Gasteiger partial charge in [0, 0.05) is 56.2 Å². The van der Waals surface area contributed by atoms with Crippen LogP contribution in [0.5, 0.6) is 0 Å². The summed E-state index contributed by atoms with van der Waals surface area (Å²) in [5, 5.41) is 18.2. The summed E-state index contributed by atoms with van der Waals surface area (Å²) >= 11 is 0. The van der Waals surface area contributed by atoms with Crippen LogP contribution in [0.25, 0.3) is 0 Å². The number of likely N-dealkylation sites (N-methyl/N-ethyl adjacent to an activating group) is 1. The number of carbonyl (C=O) groups excluding carboxylic acids is 4. The summed E-state index contributed by atoms with van der Waals surface area (Å²) in [6.07, 6.45) is 6.94. The molecule has 258 valence electrons. The molecule has 4 amide bonds. The van der Waals surface area contributed by atoms with Crippen molar-refractivity contribution in [3.05, 3.63) is 59.2 Å². The summed E-state index contributed by atoms with van der Waals surface area (Å²) in [6, 6.07) is 4.66. The van der Waals surface area contributed by atoms with E-state index in [2.05, 4.69) is 33.0 Å². The Hall–Kier alpha value is -4.67. The van der Waals surface area contributed by atoms with Crippen molar-refractivity contribution < 1.29 is 33.4 Å². The molecule has 5 rings (SSSR count). The highest BCUT2D eigenvalue weighted by molar-refractivity contribution is 6.05. The van der Waals surface area contributed by atoms with Gasteiger partial charge < -0.3 is 29.3 Å². The smallest absolute Gasteiger partial charge is 0.255 e. The molecule has 2 aliphatic heterocycles. The highest BCUT2D eigenvalue weighted by Gasteiger charge is 2.39. The maximum atomic E-state index is 13.1. The number of piperidine rings is 1. The molecule has 1 fully saturated rings. The van der Waals surface area contributed by atoms with Crippen molar-refractivity contribution in [1.82, 2.24) is 39.9 Å². The molecule has 4 heterocycles. The number of carbonyl (C=O) groups is 4. The lowest BCUT2D eigenvalue weighted by molar-refractivity contribution is -0.137. The third-order valence-corrected chi connectivity index (χ3v) is 7.97. The molecule has 16 heteroatoms. The third-order valence-electron chi connectivity index (χ3n) is 7.97. The molecule has 1 saturated heterocycles. The van der Waals surface area contributed by atoms with E-state index >= 15 is 0 Å². The van der Waals surface area contributed by atoms with Crippen molar-refractivity contribution >= 4 is 29.3 Å². The van der Waals surface area contributed by atoms with E-state index in [1.807, 2.05) is 24.5 Å². The maximum absolute atomic E-state index is 13.1. The standard InChI is InChI=1S/C32H43N9O7/c1-3-9-46-11-13-48-14-12-47-10-8-39-21-26(36-37-39)22-40-19-23(16-34-40)18-38(2)30(43)17-33-25-5-4-24-20-41(32(45)27(24)15-25)28-6-7-29(42)35-31(28)44/h4-5,15-16,19,21,28,33H,3,6-14,17-18,20,22H2,1-2H3,(H,35,42,44). The molecule has 16 nitrogen and oxygen atoms in total. The quantitative estimate of drug-likeness (QED) is 0.137. The number of anilines is 1. The summed E-state index contributed by atoms with van der Waals surface area (Å²) in [5.41, 5.74) is 3.52. The van der Waals surface area contributed by atoms with E-state index in [-0.39, 0.29) is 30.7 Å². The molecule has 0 saturated carbocycles. The predicted molar refractivity (Wildman–Crippen MR) is 172 cm³/mol. The van der Waals surface area contributed by atoms with E-state index in [4.69, 9.17) is 14.2 Å². The molecule has 1 aromatic carbocycles. The zero-order valence-corrected chi connectivity index (χ0v) is 27.4. The van der Waals surface area contributed by atoms with Gasteiger partial charge in [-0.3, -0.25) is 29.2 Å². The van der Waals surface area contributed by atoms with E-state index in [1.54, 1.807) is 33.6 Å². The molecule has 0 bridgehead atoms. The third kappa shape index (κ3) is 9.45. The monoisotopic (exact) mass is 665 g/mol. The maximum Gasteiger partial charge on any atom is 0.255 e. The molecule has 2 aromatic heterocycles. The van der Waals surface area contributed by atoms with Crippen molar-refractivity contribution in [3.8, 4) is 0 Å². The Morgan fingerprint density at radius 2 is 1.81 bits per heavy atom. The Balaban J connectivity index is 1.00. The summed E-state index contributed by atoms with van der Waals surface area (Å²) in [6.45, 7) is 7.19. The number of amides is 4. The second-order valence-corrected chi connectivity index (χ2v) is 11.7. The summed E-state index contributed by atoms with van der Waals surface area (Å²) in [5.74, 6) is -1.17. The summed E-state index contributed by atoms with van der Waals surface area (Å²) < 4.78 is 19.9. The fraction of sp³-hybridized carbons (Fsp3) is 0.531. The van der Waals surface area contributed by atoms with Gasteiger partial charge in [0.25, 0.3) is 5.91 Å². The van der Waals surface area contributed by atoms with Gasteiger partial charge in [-0.25, -0.2) is 4.68 Å². The average molecular weight is 666 g/mol. The number of ether oxygens (including phenoxy) is 3. The van der Waals surface area contributed by atoms with Gasteiger partial charge in [-0.05, 0) is 30.5 Å². The fourth-order valence-electron chi connectivity index (χ4n) is 5.44. The number of hydrogen-bond acceptors (Lipinski definition) is 11. The second kappa shape index (κ2) is 16.9. The highest BCUT2D eigenvalue weighted by atomic mass is 16.5. The number of nitrogens with one attached hydrogen (secondary N) is 2. The number of hydrogen-bond donors (Lipinski definition) is 2. The van der Waals surface area contributed by atoms with Crippen molar-refractivity contribution in [2.24, 2.45) is 0 Å². The molecule has 0 spiro atoms. The Morgan fingerprint density at radius 3 is 2.58 bits per heavy atom. The number of rotatable bonds is 19. The minimum absolute atomic E-state index is 0.0301. The zero-order chi connectivity index (χ0) is 33.9. The summed E-state index contributed by atoms with van der Waals surface area (Å²) in [7, 11) is 1.72. The molecular weight excluding hydrogens is 622 g/mol. The highest BCUT2D eigenvalue weighted by Crippen LogP contribution is 2.29. The van der Waals surface area contributed by atoms with Gasteiger partial charge in [-0.2, -0.15) is 5.10 Å². The first-order valence-corrected chi connectivity index (χ1v) is 16.2. The van der Waals surface area contributed by atoms with E-state index in [0.717, 1.165) is 29.8 Å². The summed E-state index contributed by atoms with van der Waals surface area (Å²) in [4.78, 5) is 52.9. The number of nitrogens with zero attached hydrogens (tertiary/aromatic N) is 7. The van der Waals surface area contributed by atoms with Crippen molar-refractivity contribution in [2.45, 2.75) is 58.4 Å². The fourth-order valence-corrected chi connectivity index (χ4v) is 5.44. The van der Waals surface area contributed by atoms with Crippen LogP contribution in [0.2, 0.25) is 0 Å². The van der Waals surface area contributed by atoms with Crippen LogP contribution in [0.1, 0.15) is 53.4 Å². The van der Waals surface area contributed by atoms with Crippen LogP contribution < -0.4 is 10.6 Å². The number of aromatic nitrogens is 5. The molecule has 1 atom stereocenters. The molecule has 48 heavy (non-hydrogen) atoms. The van der Waals surface area contributed by atoms with E-state index < -0.39 is 11.9 Å². The van der Waals surface area contributed by atoms with Crippen molar-refractivity contribution in [2.75, 3.05) is 58.6 Å². The topological polar surface area (TPSA) is 175 Å². The first kappa shape index (κ1) is 34.7. The van der Waals surface area contributed by atoms with E-state index in [1.165, 1.54) is 4.90 Å². The molecule has 0 aliphatic carbocycles. The largest absolute Gasteiger partial charge is 0.379 e. The van der Waals surface area contributed by atoms with Gasteiger partial charge in [-0.1, -0.05) is 18.2 Å². The lowest BCUT2D eigenvalue weighted by Crippen LogP contribution is -2.52. The van der Waals surface area contributed by atoms with Crippen molar-refractivity contribution in [1.29, 1.82) is 0 Å². The van der Waals surface area contributed by atoms with Crippen LogP contribution >= 0.6 is 0 Å². The molecule has 2 aliphatic rings. The van der Waals surface area contributed by atoms with Crippen LogP contribution in [-0.2, 0) is 54.8 Å². The second-order valence-electron chi connectivity index (χ2n) is 11.7. The molecule has 3 aromatic rings. The molecule has 2 N–H and O–H groups in total. The zero-order valence-electron chi connectivity index (χ0n) is 27.4. The first-order valence-electron chi connectivity index (χ1n) is 16.2. The Kier molecular flexibility index (Phi) is 12.2. The minimum Gasteiger partial charge on any atom is -0.379 e. The van der Waals surface area contributed by atoms with Crippen LogP contribution in [0.4, 0.5) is 5.69 Å². The van der Waals surface area contributed by atoms with Crippen LogP contribution in [-0.4, -0.2) is 117 Å². The Bertz CT molecular complexity index is 1570. The molecular formula is C32H43N9O7. The lowest BCUT2D eigenvalue weighted by Gasteiger charge is -2.29. The Morgan fingerprint density at radius 1 is 1.04 bits per heavy atom. The Labute approximate surface area is 278 Å². The van der Waals surface area contributed by atoms with Crippen LogP contribution in [0, 0.1) is 0 Å². The molecule has 0 radical (unpaired) electrons. The van der Waals surface area contributed by atoms with E-state index in [0.29, 0.717) is 76.9 Å². The van der Waals surface area contributed by atoms with Gasteiger partial charge in [0.05, 0.1) is 65.1 Å². The van der Waals surface area contributed by atoms with Crippen LogP contribution in [0.3, 0.4) is 0 Å². The van der Waals surface area contributed by atoms with Crippen molar-refractivity contribution in [3.63, 3.8) is 0 Å². The van der Waals surface area contributed by atoms with Gasteiger partial charge in [0.2, 0.25) is 17.7 Å². The van der Waals surface area contributed by atoms with Gasteiger partial charge in [0.1, 0.15) is 11.7 Å². The SMILES string of the molecule is CCCOCCOCCOCCn1cc(Cn2cc(CN(C)C(=O)CNc3ccc4c(c3)C(=O)N(C3CCC(=O)NC3=O)C4)cn2)nn1. The van der Waals surface area contributed by atoms with Crippen LogP contribution in [0.15, 0.2) is 36.8 Å². The molecule has 1 unspecified atom stereocenters. The predicted octanol–water partition coefficient (Wildman–Crippen LogP) is 0.814. The van der Waals surface area contributed by atoms with E-state index in [9.17, 15) is 19.2 Å². The van der Waals surface area contributed by atoms with Gasteiger partial charge >= 0.3 is 0 Å². The normalized spacial score (nSPS) is 15.9. The lowest BCUT2D eigenvalue weighted by atomic mass is 10.0. The first-order chi connectivity index (χ1) is 23.3. The van der Waals surface area contributed by atoms with Gasteiger partial charge in [0.15, 0.2) is 0 Å². The van der Waals surface area contributed by atoms with Gasteiger partial charge in [-0.15, -0.1) is 5.10 Å². The average Bonchev–Trinajstić information content (AvgIpc) is 3.80. The number of benzene rings is 1. The number of fused-ring (bicyclic) bond motifs is 1.